The van der Waals surface area contributed by atoms with E-state index >= 15 is 0 Å². The molecule has 0 fully saturated rings. The van der Waals surface area contributed by atoms with Gasteiger partial charge in [0.25, 0.3) is 0 Å². The van der Waals surface area contributed by atoms with Crippen molar-refractivity contribution in [1.82, 2.24) is 4.42 Å². The van der Waals surface area contributed by atoms with Crippen molar-refractivity contribution in [2.24, 2.45) is 0 Å². The van der Waals surface area contributed by atoms with E-state index in [1.54, 1.807) is 15.8 Å². The highest BCUT2D eigenvalue weighted by Gasteiger charge is 1.94. The molecule has 1 heterocycles. The first kappa shape index (κ1) is 7.06. The predicted octanol–water partition coefficient (Wildman–Crippen LogP) is 2.33. The first-order valence-electron chi connectivity index (χ1n) is 2.68. The molecule has 0 spiro atoms. The Morgan fingerprint density at radius 3 is 3.00 bits per heavy atom. The van der Waals surface area contributed by atoms with E-state index in [1.807, 2.05) is 13.1 Å². The third-order valence-electron chi connectivity index (χ3n) is 0.954. The minimum Gasteiger partial charge on any atom is -0.218 e. The van der Waals surface area contributed by atoms with Gasteiger partial charge in [0.1, 0.15) is 0 Å². The Hall–Kier alpha value is -0.0500. The highest BCUT2D eigenvalue weighted by atomic mass is 35.5. The Morgan fingerprint density at radius 2 is 2.56 bits per heavy atom. The van der Waals surface area contributed by atoms with E-state index in [1.165, 1.54) is 4.88 Å². The second kappa shape index (κ2) is 3.20. The van der Waals surface area contributed by atoms with E-state index in [2.05, 4.69) is 11.4 Å². The number of nitrogens with zero attached hydrogens (tertiary/aromatic N) is 1. The molecule has 0 aliphatic carbocycles. The van der Waals surface area contributed by atoms with Crippen LogP contribution in [0.4, 0.5) is 0 Å². The van der Waals surface area contributed by atoms with Gasteiger partial charge in [-0.25, -0.2) is 4.42 Å². The van der Waals surface area contributed by atoms with E-state index in [0.717, 1.165) is 6.54 Å². The molecule has 0 aromatic carbocycles. The lowest BCUT2D eigenvalue weighted by atomic mass is 10.5. The largest absolute Gasteiger partial charge is 0.218 e. The fraction of sp³-hybridized carbons (Fsp3) is 0.333. The average Bonchev–Trinajstić information content (AvgIpc) is 2.15. The van der Waals surface area contributed by atoms with Gasteiger partial charge in [-0.3, -0.25) is 0 Å². The summed E-state index contributed by atoms with van der Waals surface area (Å²) in [6, 6.07) is 4.10. The average molecular weight is 162 g/mol. The van der Waals surface area contributed by atoms with Crippen LogP contribution in [0.2, 0.25) is 0 Å². The van der Waals surface area contributed by atoms with Gasteiger partial charge in [0.15, 0.2) is 0 Å². The predicted molar refractivity (Wildman–Crippen MR) is 41.6 cm³/mol. The van der Waals surface area contributed by atoms with E-state index in [9.17, 15) is 0 Å². The van der Waals surface area contributed by atoms with Crippen LogP contribution in [0, 0.1) is 0 Å². The number of thiophene rings is 1. The normalized spacial score (nSPS) is 10.6. The molecule has 50 valence electrons. The van der Waals surface area contributed by atoms with Gasteiger partial charge in [0.2, 0.25) is 0 Å². The van der Waals surface area contributed by atoms with Gasteiger partial charge in [0, 0.05) is 18.5 Å². The molecule has 0 amide bonds. The lowest BCUT2D eigenvalue weighted by molar-refractivity contribution is 0.552. The first-order chi connectivity index (χ1) is 4.29. The number of hydrogen-bond acceptors (Lipinski definition) is 2. The molecule has 0 N–H and O–H groups in total. The van der Waals surface area contributed by atoms with Crippen LogP contribution in [0.3, 0.4) is 0 Å². The Morgan fingerprint density at radius 1 is 1.78 bits per heavy atom. The number of hydrogen-bond donors (Lipinski definition) is 0. The molecule has 0 radical (unpaired) electrons. The van der Waals surface area contributed by atoms with Crippen molar-refractivity contribution < 1.29 is 0 Å². The molecule has 0 saturated heterocycles. The molecule has 0 atom stereocenters. The van der Waals surface area contributed by atoms with Gasteiger partial charge >= 0.3 is 0 Å². The summed E-state index contributed by atoms with van der Waals surface area (Å²) in [5.74, 6) is 0. The Balaban J connectivity index is 2.48. The molecule has 9 heavy (non-hydrogen) atoms. The highest BCUT2D eigenvalue weighted by Crippen LogP contribution is 2.11. The molecular weight excluding hydrogens is 154 g/mol. The Labute approximate surface area is 64.0 Å². The summed E-state index contributed by atoms with van der Waals surface area (Å²) in [4.78, 5) is 1.30. The van der Waals surface area contributed by atoms with Crippen LogP contribution in [-0.4, -0.2) is 11.5 Å². The zero-order valence-corrected chi connectivity index (χ0v) is 6.75. The van der Waals surface area contributed by atoms with Crippen molar-refractivity contribution in [2.45, 2.75) is 6.54 Å². The molecule has 3 heteroatoms. The minimum atomic E-state index is 0.833. The SMILES string of the molecule is CN(Cl)Cc1cccs1. The summed E-state index contributed by atoms with van der Waals surface area (Å²) in [6.45, 7) is 0.833. The maximum atomic E-state index is 5.61. The van der Waals surface area contributed by atoms with Gasteiger partial charge in [-0.2, -0.15) is 0 Å². The third kappa shape index (κ3) is 2.35. The van der Waals surface area contributed by atoms with Crippen LogP contribution in [0.5, 0.6) is 0 Å². The van der Waals surface area contributed by atoms with Crippen molar-refractivity contribution >= 4 is 23.1 Å². The molecule has 0 unspecified atom stereocenters. The van der Waals surface area contributed by atoms with Crippen LogP contribution >= 0.6 is 23.1 Å². The zero-order valence-electron chi connectivity index (χ0n) is 5.17. The van der Waals surface area contributed by atoms with Gasteiger partial charge in [0.05, 0.1) is 0 Å². The fourth-order valence-electron chi connectivity index (χ4n) is 0.617. The summed E-state index contributed by atoms with van der Waals surface area (Å²) in [7, 11) is 1.85. The summed E-state index contributed by atoms with van der Waals surface area (Å²) < 4.78 is 1.64. The Bertz CT molecular complexity index is 160. The van der Waals surface area contributed by atoms with Gasteiger partial charge in [-0.15, -0.1) is 11.3 Å². The quantitative estimate of drug-likeness (QED) is 0.602. The Kier molecular flexibility index (Phi) is 2.51. The van der Waals surface area contributed by atoms with Crippen LogP contribution < -0.4 is 0 Å². The lowest BCUT2D eigenvalue weighted by Crippen LogP contribution is -2.01. The number of halogens is 1. The van der Waals surface area contributed by atoms with Crippen molar-refractivity contribution in [1.29, 1.82) is 0 Å². The lowest BCUT2D eigenvalue weighted by Gasteiger charge is -2.01. The van der Waals surface area contributed by atoms with Gasteiger partial charge in [-0.05, 0) is 23.2 Å². The molecule has 1 aromatic rings. The van der Waals surface area contributed by atoms with E-state index in [-0.39, 0.29) is 0 Å². The first-order valence-corrected chi connectivity index (χ1v) is 3.90. The topological polar surface area (TPSA) is 3.24 Å². The van der Waals surface area contributed by atoms with Crippen molar-refractivity contribution in [2.75, 3.05) is 7.05 Å². The second-order valence-corrected chi connectivity index (χ2v) is 3.45. The van der Waals surface area contributed by atoms with Crippen molar-refractivity contribution in [3.05, 3.63) is 22.4 Å². The van der Waals surface area contributed by atoms with Gasteiger partial charge < -0.3 is 0 Å². The maximum absolute atomic E-state index is 5.61. The minimum absolute atomic E-state index is 0.833. The number of rotatable bonds is 2. The summed E-state index contributed by atoms with van der Waals surface area (Å²) in [5, 5.41) is 2.05. The van der Waals surface area contributed by atoms with Crippen LogP contribution in [0.15, 0.2) is 17.5 Å². The standard InChI is InChI=1S/C6H8ClNS/c1-8(7)5-6-3-2-4-9-6/h2-4H,5H2,1H3. The summed E-state index contributed by atoms with van der Waals surface area (Å²) in [5.41, 5.74) is 0. The van der Waals surface area contributed by atoms with Crippen LogP contribution in [0.25, 0.3) is 0 Å². The molecule has 0 saturated carbocycles. The molecular formula is C6H8ClNS. The highest BCUT2D eigenvalue weighted by molar-refractivity contribution is 7.09. The summed E-state index contributed by atoms with van der Waals surface area (Å²) >= 11 is 7.33. The van der Waals surface area contributed by atoms with Crippen molar-refractivity contribution in [3.63, 3.8) is 0 Å². The van der Waals surface area contributed by atoms with E-state index in [4.69, 9.17) is 11.8 Å². The van der Waals surface area contributed by atoms with E-state index < -0.39 is 0 Å². The molecule has 1 rings (SSSR count). The van der Waals surface area contributed by atoms with E-state index in [0.29, 0.717) is 0 Å². The zero-order chi connectivity index (χ0) is 6.69. The third-order valence-corrected chi connectivity index (χ3v) is 1.93. The molecule has 1 aromatic heterocycles. The molecule has 0 bridgehead atoms. The van der Waals surface area contributed by atoms with Gasteiger partial charge in [-0.1, -0.05) is 6.07 Å². The fourth-order valence-corrected chi connectivity index (χ4v) is 1.57. The van der Waals surface area contributed by atoms with Crippen molar-refractivity contribution in [3.8, 4) is 0 Å². The van der Waals surface area contributed by atoms with Crippen LogP contribution in [0.1, 0.15) is 4.88 Å². The molecule has 0 aliphatic rings. The monoisotopic (exact) mass is 161 g/mol. The maximum Gasteiger partial charge on any atom is 0.0480 e. The van der Waals surface area contributed by atoms with Crippen LogP contribution in [-0.2, 0) is 6.54 Å². The summed E-state index contributed by atoms with van der Waals surface area (Å²) in [6.07, 6.45) is 0. The molecule has 0 aliphatic heterocycles. The smallest absolute Gasteiger partial charge is 0.0480 e. The second-order valence-electron chi connectivity index (χ2n) is 1.84. The molecule has 1 nitrogen and oxygen atoms in total.